The Morgan fingerprint density at radius 1 is 1.35 bits per heavy atom. The van der Waals surface area contributed by atoms with Crippen LogP contribution in [-0.2, 0) is 14.3 Å². The number of unbranched alkanes of at least 4 members (excludes halogenated alkanes) is 2. The predicted molar refractivity (Wildman–Crippen MR) is 67.3 cm³/mol. The second kappa shape index (κ2) is 8.14. The van der Waals surface area contributed by atoms with Gasteiger partial charge in [-0.25, -0.2) is 0 Å². The first kappa shape index (κ1) is 15.0. The van der Waals surface area contributed by atoms with E-state index in [0.29, 0.717) is 26.3 Å². The Balaban J connectivity index is 2.42. The Labute approximate surface area is 112 Å². The van der Waals surface area contributed by atoms with Crippen molar-refractivity contribution < 1.29 is 14.3 Å². The molecular formula is C11H19Cl2NO3. The molecule has 1 aliphatic heterocycles. The van der Waals surface area contributed by atoms with Gasteiger partial charge in [0.2, 0.25) is 0 Å². The van der Waals surface area contributed by atoms with Gasteiger partial charge in [0.25, 0.3) is 5.91 Å². The van der Waals surface area contributed by atoms with Crippen LogP contribution in [0.1, 0.15) is 26.2 Å². The molecule has 1 rings (SSSR count). The van der Waals surface area contributed by atoms with Crippen LogP contribution >= 0.6 is 23.2 Å². The van der Waals surface area contributed by atoms with Crippen molar-refractivity contribution in [3.05, 3.63) is 0 Å². The lowest BCUT2D eigenvalue weighted by Gasteiger charge is -2.25. The number of ether oxygens (including phenoxy) is 2. The molecule has 0 spiro atoms. The molecule has 1 aliphatic rings. The van der Waals surface area contributed by atoms with E-state index in [2.05, 4.69) is 6.92 Å². The van der Waals surface area contributed by atoms with Crippen molar-refractivity contribution in [2.75, 3.05) is 26.3 Å². The highest BCUT2D eigenvalue weighted by molar-refractivity contribution is 6.53. The Kier molecular flexibility index (Phi) is 7.19. The molecule has 17 heavy (non-hydrogen) atoms. The fraction of sp³-hybridized carbons (Fsp3) is 0.909. The van der Waals surface area contributed by atoms with Gasteiger partial charge < -0.3 is 14.4 Å². The summed E-state index contributed by atoms with van der Waals surface area (Å²) in [6.45, 7) is 4.31. The van der Waals surface area contributed by atoms with Crippen LogP contribution in [0.25, 0.3) is 0 Å². The summed E-state index contributed by atoms with van der Waals surface area (Å²) in [7, 11) is 0. The van der Waals surface area contributed by atoms with Crippen LogP contribution < -0.4 is 0 Å². The third-order valence-electron chi connectivity index (χ3n) is 2.59. The fourth-order valence-electron chi connectivity index (χ4n) is 1.67. The van der Waals surface area contributed by atoms with Gasteiger partial charge in [-0.3, -0.25) is 4.79 Å². The van der Waals surface area contributed by atoms with E-state index in [0.717, 1.165) is 19.3 Å². The molecule has 0 unspecified atom stereocenters. The molecule has 100 valence electrons. The Bertz CT molecular complexity index is 233. The number of hydrogen-bond donors (Lipinski definition) is 0. The van der Waals surface area contributed by atoms with Crippen LogP contribution in [-0.4, -0.2) is 48.2 Å². The average Bonchev–Trinajstić information content (AvgIpc) is 2.79. The molecule has 0 aliphatic carbocycles. The largest absolute Gasteiger partial charge is 0.348 e. The maximum Gasteiger partial charge on any atom is 0.256 e. The zero-order chi connectivity index (χ0) is 12.7. The zero-order valence-corrected chi connectivity index (χ0v) is 11.5. The first-order valence-electron chi connectivity index (χ1n) is 5.95. The van der Waals surface area contributed by atoms with E-state index in [-0.39, 0.29) is 12.2 Å². The lowest BCUT2D eigenvalue weighted by molar-refractivity contribution is -0.135. The number of rotatable bonds is 7. The highest BCUT2D eigenvalue weighted by atomic mass is 35.5. The van der Waals surface area contributed by atoms with Gasteiger partial charge in [0.05, 0.1) is 19.8 Å². The summed E-state index contributed by atoms with van der Waals surface area (Å²) in [6, 6.07) is 0. The number of halogens is 2. The molecule has 0 saturated carbocycles. The van der Waals surface area contributed by atoms with Gasteiger partial charge >= 0.3 is 0 Å². The van der Waals surface area contributed by atoms with Crippen LogP contribution in [0.4, 0.5) is 0 Å². The normalized spacial score (nSPS) is 16.7. The third kappa shape index (κ3) is 5.42. The number of hydrogen-bond acceptors (Lipinski definition) is 3. The van der Waals surface area contributed by atoms with Crippen LogP contribution in [0.3, 0.4) is 0 Å². The third-order valence-corrected chi connectivity index (χ3v) is 2.96. The van der Waals surface area contributed by atoms with Crippen LogP contribution in [0.15, 0.2) is 0 Å². The van der Waals surface area contributed by atoms with Crippen molar-refractivity contribution in [2.45, 2.75) is 37.3 Å². The molecular weight excluding hydrogens is 265 g/mol. The van der Waals surface area contributed by atoms with Crippen molar-refractivity contribution in [3.8, 4) is 0 Å². The van der Waals surface area contributed by atoms with Crippen molar-refractivity contribution >= 4 is 29.1 Å². The van der Waals surface area contributed by atoms with E-state index in [1.54, 1.807) is 4.90 Å². The summed E-state index contributed by atoms with van der Waals surface area (Å²) in [5.41, 5.74) is 0. The van der Waals surface area contributed by atoms with Gasteiger partial charge in [-0.05, 0) is 6.42 Å². The molecule has 1 heterocycles. The lowest BCUT2D eigenvalue weighted by Crippen LogP contribution is -2.41. The van der Waals surface area contributed by atoms with E-state index >= 15 is 0 Å². The first-order valence-corrected chi connectivity index (χ1v) is 6.82. The standard InChI is InChI=1S/C11H19Cl2NO3/c1-2-3-4-5-14(11(15)10(12)13)8-9-16-6-7-17-9/h9-10H,2-8H2,1H3. The van der Waals surface area contributed by atoms with Gasteiger partial charge in [0, 0.05) is 6.54 Å². The van der Waals surface area contributed by atoms with E-state index in [1.807, 2.05) is 0 Å². The lowest BCUT2D eigenvalue weighted by atomic mass is 10.2. The average molecular weight is 284 g/mol. The Morgan fingerprint density at radius 3 is 2.53 bits per heavy atom. The highest BCUT2D eigenvalue weighted by Gasteiger charge is 2.25. The minimum atomic E-state index is -1.02. The summed E-state index contributed by atoms with van der Waals surface area (Å²) in [5.74, 6) is -0.275. The summed E-state index contributed by atoms with van der Waals surface area (Å²) in [5, 5.41) is 0. The van der Waals surface area contributed by atoms with Crippen LogP contribution in [0, 0.1) is 0 Å². The van der Waals surface area contributed by atoms with Crippen molar-refractivity contribution in [1.82, 2.24) is 4.90 Å². The van der Waals surface area contributed by atoms with E-state index in [4.69, 9.17) is 32.7 Å². The molecule has 0 bridgehead atoms. The maximum absolute atomic E-state index is 11.8. The van der Waals surface area contributed by atoms with E-state index < -0.39 is 4.84 Å². The second-order valence-electron chi connectivity index (χ2n) is 3.96. The quantitative estimate of drug-likeness (QED) is 0.531. The van der Waals surface area contributed by atoms with E-state index in [9.17, 15) is 4.79 Å². The fourth-order valence-corrected chi connectivity index (χ4v) is 1.95. The number of nitrogens with zero attached hydrogens (tertiary/aromatic N) is 1. The minimum absolute atomic E-state index is 0.275. The SMILES string of the molecule is CCCCCN(CC1OCCO1)C(=O)C(Cl)Cl. The van der Waals surface area contributed by atoms with Crippen LogP contribution in [0.2, 0.25) is 0 Å². The van der Waals surface area contributed by atoms with E-state index in [1.165, 1.54) is 0 Å². The van der Waals surface area contributed by atoms with Gasteiger partial charge in [-0.2, -0.15) is 0 Å². The molecule has 0 radical (unpaired) electrons. The summed E-state index contributed by atoms with van der Waals surface area (Å²) < 4.78 is 10.6. The second-order valence-corrected chi connectivity index (χ2v) is 5.06. The van der Waals surface area contributed by atoms with Crippen molar-refractivity contribution in [1.29, 1.82) is 0 Å². The summed E-state index contributed by atoms with van der Waals surface area (Å²) >= 11 is 11.2. The summed E-state index contributed by atoms with van der Waals surface area (Å²) in [6.07, 6.45) is 2.78. The molecule has 0 atom stereocenters. The first-order chi connectivity index (χ1) is 8.15. The molecule has 0 N–H and O–H groups in total. The maximum atomic E-state index is 11.8. The topological polar surface area (TPSA) is 38.8 Å². The van der Waals surface area contributed by atoms with Gasteiger partial charge in [-0.15, -0.1) is 0 Å². The van der Waals surface area contributed by atoms with Crippen LogP contribution in [0.5, 0.6) is 0 Å². The number of amides is 1. The smallest absolute Gasteiger partial charge is 0.256 e. The Hall–Kier alpha value is -0.0300. The number of alkyl halides is 2. The molecule has 0 aromatic rings. The van der Waals surface area contributed by atoms with Crippen molar-refractivity contribution in [3.63, 3.8) is 0 Å². The molecule has 1 amide bonds. The molecule has 0 aromatic heterocycles. The highest BCUT2D eigenvalue weighted by Crippen LogP contribution is 2.12. The number of carbonyl (C=O) groups is 1. The zero-order valence-electron chi connectivity index (χ0n) is 10.0. The van der Waals surface area contributed by atoms with Gasteiger partial charge in [0.1, 0.15) is 0 Å². The predicted octanol–water partition coefficient (Wildman–Crippen LogP) is 2.18. The summed E-state index contributed by atoms with van der Waals surface area (Å²) in [4.78, 5) is 12.4. The molecule has 4 nitrogen and oxygen atoms in total. The van der Waals surface area contributed by atoms with Gasteiger partial charge in [0.15, 0.2) is 11.1 Å². The molecule has 6 heteroatoms. The molecule has 1 saturated heterocycles. The molecule has 1 fully saturated rings. The monoisotopic (exact) mass is 283 g/mol. The van der Waals surface area contributed by atoms with Crippen molar-refractivity contribution in [2.24, 2.45) is 0 Å². The van der Waals surface area contributed by atoms with Gasteiger partial charge in [-0.1, -0.05) is 43.0 Å². The minimum Gasteiger partial charge on any atom is -0.348 e. The number of carbonyl (C=O) groups excluding carboxylic acids is 1. The molecule has 0 aromatic carbocycles. The Morgan fingerprint density at radius 2 is 2.00 bits per heavy atom.